The molecule has 88 valence electrons. The average Bonchev–Trinajstić information content (AvgIpc) is 2.61. The monoisotopic (exact) mass is 279 g/mol. The Hall–Kier alpha value is -0.710. The zero-order chi connectivity index (χ0) is 12.2. The molecule has 0 saturated carbocycles. The van der Waals surface area contributed by atoms with Gasteiger partial charge < -0.3 is 5.32 Å². The first-order valence-corrected chi connectivity index (χ1v) is 8.08. The van der Waals surface area contributed by atoms with E-state index < -0.39 is 0 Å². The summed E-state index contributed by atoms with van der Waals surface area (Å²) in [6.45, 7) is 6.59. The van der Waals surface area contributed by atoms with Gasteiger partial charge in [-0.3, -0.25) is 0 Å². The van der Waals surface area contributed by atoms with Gasteiger partial charge in [-0.15, -0.1) is 0 Å². The van der Waals surface area contributed by atoms with Gasteiger partial charge in [0.15, 0.2) is 0 Å². The molecule has 0 atom stereocenters. The molecule has 0 fully saturated rings. The van der Waals surface area contributed by atoms with Crippen molar-refractivity contribution >= 4 is 38.6 Å². The minimum absolute atomic E-state index is 0.0195. The van der Waals surface area contributed by atoms with Crippen molar-refractivity contribution in [2.24, 2.45) is 0 Å². The van der Waals surface area contributed by atoms with E-state index in [-0.39, 0.29) is 5.54 Å². The predicted octanol–water partition coefficient (Wildman–Crippen LogP) is 5.18. The molecule has 0 saturated heterocycles. The molecule has 1 aliphatic rings. The van der Waals surface area contributed by atoms with Crippen LogP contribution in [-0.4, -0.2) is 0 Å². The van der Waals surface area contributed by atoms with Gasteiger partial charge in [0, 0.05) is 16.8 Å². The second kappa shape index (κ2) is 3.64. The third kappa shape index (κ3) is 1.58. The Labute approximate surface area is 114 Å². The summed E-state index contributed by atoms with van der Waals surface area (Å²) in [6.07, 6.45) is 0. The average molecular weight is 279 g/mol. The molecule has 0 bridgehead atoms. The van der Waals surface area contributed by atoms with Gasteiger partial charge >= 0.3 is 0 Å². The predicted molar refractivity (Wildman–Crippen MR) is 79.9 cm³/mol. The van der Waals surface area contributed by atoms with Crippen molar-refractivity contribution in [3.63, 3.8) is 0 Å². The first-order chi connectivity index (χ1) is 8.00. The highest BCUT2D eigenvalue weighted by Crippen LogP contribution is 2.49. The molecule has 0 unspecified atom stereocenters. The number of aryl methyl sites for hydroxylation is 1. The summed E-state index contributed by atoms with van der Waals surface area (Å²) in [5.41, 5.74) is 5.06. The molecule has 0 spiro atoms. The minimum Gasteiger partial charge on any atom is -0.375 e. The minimum atomic E-state index is -0.0195. The molecule has 0 radical (unpaired) electrons. The highest BCUT2D eigenvalue weighted by molar-refractivity contribution is 7.80. The number of fused-ring (bicyclic) bond motifs is 3. The number of nitrogens with one attached hydrogen (secondary N) is 1. The molecule has 1 aromatic carbocycles. The van der Waals surface area contributed by atoms with Crippen LogP contribution in [0.3, 0.4) is 0 Å². The standard InChI is InChI=1S/C13H13NS3/c1-7-5-4-6-8-9(7)10-11(13(2,3)14-8)16-17-12(10)15/h4-6,14H,1-3H3. The molecule has 3 rings (SSSR count). The zero-order valence-electron chi connectivity index (χ0n) is 9.96. The Morgan fingerprint density at radius 3 is 2.71 bits per heavy atom. The van der Waals surface area contributed by atoms with Crippen LogP contribution in [0.25, 0.3) is 11.1 Å². The van der Waals surface area contributed by atoms with Crippen LogP contribution < -0.4 is 5.32 Å². The summed E-state index contributed by atoms with van der Waals surface area (Å²) in [5, 5.41) is 3.62. The van der Waals surface area contributed by atoms with Crippen molar-refractivity contribution < 1.29 is 0 Å². The highest BCUT2D eigenvalue weighted by Gasteiger charge is 2.33. The van der Waals surface area contributed by atoms with E-state index in [2.05, 4.69) is 44.3 Å². The molecular formula is C13H13NS3. The van der Waals surface area contributed by atoms with E-state index in [1.54, 1.807) is 20.7 Å². The maximum atomic E-state index is 5.51. The fraction of sp³-hybridized carbons (Fsp3) is 0.308. The largest absolute Gasteiger partial charge is 0.375 e. The third-order valence-corrected chi connectivity index (χ3v) is 6.51. The summed E-state index contributed by atoms with van der Waals surface area (Å²) >= 11 is 5.51. The number of benzene rings is 1. The van der Waals surface area contributed by atoms with E-state index in [1.807, 2.05) is 0 Å². The van der Waals surface area contributed by atoms with Crippen LogP contribution in [0.1, 0.15) is 24.3 Å². The molecule has 0 aliphatic carbocycles. The lowest BCUT2D eigenvalue weighted by Crippen LogP contribution is -2.30. The molecule has 1 N–H and O–H groups in total. The fourth-order valence-electron chi connectivity index (χ4n) is 2.39. The quantitative estimate of drug-likeness (QED) is 0.527. The molecule has 1 aromatic heterocycles. The van der Waals surface area contributed by atoms with Crippen molar-refractivity contribution in [3.05, 3.63) is 32.5 Å². The van der Waals surface area contributed by atoms with Crippen molar-refractivity contribution in [2.75, 3.05) is 5.32 Å². The first kappa shape index (κ1) is 11.4. The van der Waals surface area contributed by atoms with Crippen LogP contribution in [0.15, 0.2) is 18.2 Å². The molecule has 1 nitrogen and oxygen atoms in total. The fourth-order valence-corrected chi connectivity index (χ4v) is 5.62. The number of hydrogen-bond acceptors (Lipinski definition) is 4. The number of rotatable bonds is 0. The lowest BCUT2D eigenvalue weighted by atomic mass is 9.88. The van der Waals surface area contributed by atoms with Gasteiger partial charge in [-0.05, 0) is 32.4 Å². The molecular weight excluding hydrogens is 266 g/mol. The Bertz CT molecular complexity index is 649. The van der Waals surface area contributed by atoms with Gasteiger partial charge in [-0.1, -0.05) is 45.0 Å². The summed E-state index contributed by atoms with van der Waals surface area (Å²) in [6, 6.07) is 6.39. The summed E-state index contributed by atoms with van der Waals surface area (Å²) in [5.74, 6) is 0. The van der Waals surface area contributed by atoms with Crippen molar-refractivity contribution in [3.8, 4) is 11.1 Å². The van der Waals surface area contributed by atoms with Crippen LogP contribution in [0.5, 0.6) is 0 Å². The van der Waals surface area contributed by atoms with Crippen LogP contribution in [-0.2, 0) is 5.54 Å². The second-order valence-corrected chi connectivity index (χ2v) is 7.72. The van der Waals surface area contributed by atoms with E-state index in [4.69, 9.17) is 12.2 Å². The third-order valence-electron chi connectivity index (χ3n) is 3.17. The number of hydrogen-bond donors (Lipinski definition) is 1. The van der Waals surface area contributed by atoms with Crippen molar-refractivity contribution in [2.45, 2.75) is 26.3 Å². The lowest BCUT2D eigenvalue weighted by Gasteiger charge is -2.34. The molecule has 17 heavy (non-hydrogen) atoms. The van der Waals surface area contributed by atoms with Gasteiger partial charge in [0.2, 0.25) is 0 Å². The van der Waals surface area contributed by atoms with E-state index >= 15 is 0 Å². The van der Waals surface area contributed by atoms with Crippen LogP contribution >= 0.6 is 32.9 Å². The topological polar surface area (TPSA) is 12.0 Å². The van der Waals surface area contributed by atoms with E-state index in [9.17, 15) is 0 Å². The summed E-state index contributed by atoms with van der Waals surface area (Å²) in [7, 11) is 3.52. The van der Waals surface area contributed by atoms with Crippen molar-refractivity contribution in [1.82, 2.24) is 0 Å². The van der Waals surface area contributed by atoms with Gasteiger partial charge in [0.05, 0.1) is 10.4 Å². The normalized spacial score (nSPS) is 15.9. The van der Waals surface area contributed by atoms with Gasteiger partial charge in [0.1, 0.15) is 3.82 Å². The Morgan fingerprint density at radius 2 is 1.94 bits per heavy atom. The zero-order valence-corrected chi connectivity index (χ0v) is 12.4. The first-order valence-electron chi connectivity index (χ1n) is 5.52. The summed E-state index contributed by atoms with van der Waals surface area (Å²) in [4.78, 5) is 1.37. The Morgan fingerprint density at radius 1 is 1.18 bits per heavy atom. The summed E-state index contributed by atoms with van der Waals surface area (Å²) < 4.78 is 1.02. The van der Waals surface area contributed by atoms with Crippen LogP contribution in [0, 0.1) is 10.7 Å². The second-order valence-electron chi connectivity index (χ2n) is 4.91. The van der Waals surface area contributed by atoms with E-state index in [1.165, 1.54) is 27.3 Å². The SMILES string of the molecule is Cc1cccc2c1-c1c(ssc1=S)C(C)(C)N2. The molecule has 1 aliphatic heterocycles. The van der Waals surface area contributed by atoms with Crippen molar-refractivity contribution in [1.29, 1.82) is 0 Å². The molecule has 2 aromatic rings. The van der Waals surface area contributed by atoms with E-state index in [0.29, 0.717) is 0 Å². The lowest BCUT2D eigenvalue weighted by molar-refractivity contribution is 0.619. The molecule has 0 amide bonds. The van der Waals surface area contributed by atoms with E-state index in [0.717, 1.165) is 3.82 Å². The maximum absolute atomic E-state index is 5.51. The Balaban J connectivity index is 2.44. The molecule has 2 heterocycles. The van der Waals surface area contributed by atoms with Crippen LogP contribution in [0.2, 0.25) is 0 Å². The smallest absolute Gasteiger partial charge is 0.110 e. The van der Waals surface area contributed by atoms with Crippen LogP contribution in [0.4, 0.5) is 5.69 Å². The van der Waals surface area contributed by atoms with Gasteiger partial charge in [0.25, 0.3) is 0 Å². The number of anilines is 1. The van der Waals surface area contributed by atoms with Gasteiger partial charge in [-0.25, -0.2) is 0 Å². The molecule has 4 heteroatoms. The highest BCUT2D eigenvalue weighted by atomic mass is 32.9. The Kier molecular flexibility index (Phi) is 2.44. The maximum Gasteiger partial charge on any atom is 0.110 e. The van der Waals surface area contributed by atoms with Gasteiger partial charge in [-0.2, -0.15) is 0 Å².